The van der Waals surface area contributed by atoms with Crippen molar-refractivity contribution in [3.8, 4) is 0 Å². The molecule has 1 aliphatic rings. The summed E-state index contributed by atoms with van der Waals surface area (Å²) in [5.74, 6) is -2.54. The van der Waals surface area contributed by atoms with Gasteiger partial charge in [0.2, 0.25) is 0 Å². The average molecular weight is 213 g/mol. The van der Waals surface area contributed by atoms with Gasteiger partial charge < -0.3 is 0 Å². The summed E-state index contributed by atoms with van der Waals surface area (Å²) in [5.41, 5.74) is 8.69. The van der Waals surface area contributed by atoms with E-state index in [0.717, 1.165) is 0 Å². The predicted octanol–water partition coefficient (Wildman–Crippen LogP) is 2.66. The summed E-state index contributed by atoms with van der Waals surface area (Å²) in [4.78, 5) is 2.60. The van der Waals surface area contributed by atoms with Gasteiger partial charge in [-0.1, -0.05) is 5.11 Å². The largest absolute Gasteiger partial charge is 0.269 e. The highest BCUT2D eigenvalue weighted by Gasteiger charge is 2.46. The van der Waals surface area contributed by atoms with Crippen LogP contribution in [0, 0.1) is 0 Å². The van der Waals surface area contributed by atoms with Crippen LogP contribution in [0.3, 0.4) is 0 Å². The van der Waals surface area contributed by atoms with Crippen LogP contribution in [-0.4, -0.2) is 15.7 Å². The molecule has 2 rings (SSSR count). The smallest absolute Gasteiger partial charge is 0.252 e. The molecule has 80 valence electrons. The average Bonchev–Trinajstić information content (AvgIpc) is 2.59. The Balaban J connectivity index is 1.99. The van der Waals surface area contributed by atoms with Crippen LogP contribution in [0.5, 0.6) is 0 Å². The lowest BCUT2D eigenvalue weighted by Crippen LogP contribution is -2.37. The Morgan fingerprint density at radius 3 is 3.00 bits per heavy atom. The molecule has 1 saturated carbocycles. The van der Waals surface area contributed by atoms with Crippen molar-refractivity contribution >= 4 is 0 Å². The molecule has 1 heterocycles. The number of hydrogen-bond acceptors (Lipinski definition) is 2. The van der Waals surface area contributed by atoms with Crippen LogP contribution in [0.1, 0.15) is 24.6 Å². The first-order valence-electron chi connectivity index (χ1n) is 4.53. The SMILES string of the molecule is [N-]=[N+]=NCc1ccn(C2CC(F)(F)C2)n1. The minimum Gasteiger partial charge on any atom is -0.269 e. The van der Waals surface area contributed by atoms with Crippen molar-refractivity contribution in [3.63, 3.8) is 0 Å². The van der Waals surface area contributed by atoms with Crippen molar-refractivity contribution in [2.24, 2.45) is 5.11 Å². The normalized spacial score (nSPS) is 19.3. The second-order valence-electron chi connectivity index (χ2n) is 3.59. The molecular formula is C8H9F2N5. The Labute approximate surface area is 84.3 Å². The van der Waals surface area contributed by atoms with Crippen LogP contribution < -0.4 is 0 Å². The number of hydrogen-bond donors (Lipinski definition) is 0. The fraction of sp³-hybridized carbons (Fsp3) is 0.625. The molecule has 0 aliphatic heterocycles. The highest BCUT2D eigenvalue weighted by molar-refractivity contribution is 5.02. The van der Waals surface area contributed by atoms with E-state index < -0.39 is 5.92 Å². The standard InChI is InChI=1S/C8H9F2N5/c9-8(10)3-7(4-8)15-2-1-6(13-15)5-12-14-11/h1-2,7H,3-5H2. The highest BCUT2D eigenvalue weighted by atomic mass is 19.3. The third kappa shape index (κ3) is 2.07. The van der Waals surface area contributed by atoms with Gasteiger partial charge in [-0.2, -0.15) is 5.10 Å². The molecular weight excluding hydrogens is 204 g/mol. The summed E-state index contributed by atoms with van der Waals surface area (Å²) >= 11 is 0. The van der Waals surface area contributed by atoms with Crippen LogP contribution >= 0.6 is 0 Å². The summed E-state index contributed by atoms with van der Waals surface area (Å²) < 4.78 is 26.7. The molecule has 1 aromatic heterocycles. The number of aromatic nitrogens is 2. The molecule has 0 atom stereocenters. The minimum atomic E-state index is -2.54. The third-order valence-corrected chi connectivity index (χ3v) is 2.40. The molecule has 0 saturated heterocycles. The van der Waals surface area contributed by atoms with Gasteiger partial charge in [0.1, 0.15) is 0 Å². The molecule has 5 nitrogen and oxygen atoms in total. The van der Waals surface area contributed by atoms with Gasteiger partial charge in [0.15, 0.2) is 0 Å². The summed E-state index contributed by atoms with van der Waals surface area (Å²) in [5, 5.41) is 7.40. The number of azide groups is 1. The number of alkyl halides is 2. The number of rotatable bonds is 3. The first-order chi connectivity index (χ1) is 7.11. The van der Waals surface area contributed by atoms with Gasteiger partial charge in [-0.05, 0) is 11.6 Å². The number of nitrogens with zero attached hydrogens (tertiary/aromatic N) is 5. The van der Waals surface area contributed by atoms with E-state index >= 15 is 0 Å². The van der Waals surface area contributed by atoms with Gasteiger partial charge in [-0.25, -0.2) is 8.78 Å². The third-order valence-electron chi connectivity index (χ3n) is 2.40. The minimum absolute atomic E-state index is 0.157. The molecule has 7 heteroatoms. The summed E-state index contributed by atoms with van der Waals surface area (Å²) in [7, 11) is 0. The van der Waals surface area contributed by atoms with Crippen LogP contribution in [-0.2, 0) is 6.54 Å². The first-order valence-corrected chi connectivity index (χ1v) is 4.53. The van der Waals surface area contributed by atoms with Crippen molar-refractivity contribution in [3.05, 3.63) is 28.4 Å². The molecule has 0 bridgehead atoms. The van der Waals surface area contributed by atoms with Gasteiger partial charge in [0, 0.05) is 24.0 Å². The maximum atomic E-state index is 12.6. The van der Waals surface area contributed by atoms with E-state index in [1.54, 1.807) is 12.3 Å². The molecule has 0 aromatic carbocycles. The van der Waals surface area contributed by atoms with Crippen LogP contribution in [0.2, 0.25) is 0 Å². The van der Waals surface area contributed by atoms with E-state index in [-0.39, 0.29) is 25.4 Å². The maximum Gasteiger partial charge on any atom is 0.252 e. The van der Waals surface area contributed by atoms with Gasteiger partial charge in [0.05, 0.1) is 18.3 Å². The Morgan fingerprint density at radius 2 is 2.40 bits per heavy atom. The zero-order chi connectivity index (χ0) is 10.9. The van der Waals surface area contributed by atoms with E-state index in [1.807, 2.05) is 0 Å². The fourth-order valence-electron chi connectivity index (χ4n) is 1.59. The lowest BCUT2D eigenvalue weighted by atomic mass is 9.88. The molecule has 0 spiro atoms. The predicted molar refractivity (Wildman–Crippen MR) is 48.3 cm³/mol. The van der Waals surface area contributed by atoms with E-state index in [2.05, 4.69) is 15.1 Å². The van der Waals surface area contributed by atoms with Gasteiger partial charge in [-0.3, -0.25) is 4.68 Å². The molecule has 1 aliphatic carbocycles. The van der Waals surface area contributed by atoms with Crippen molar-refractivity contribution in [2.45, 2.75) is 31.4 Å². The summed E-state index contributed by atoms with van der Waals surface area (Å²) in [6.45, 7) is 0.159. The van der Waals surface area contributed by atoms with Gasteiger partial charge >= 0.3 is 0 Å². The van der Waals surface area contributed by atoms with E-state index in [9.17, 15) is 8.78 Å². The van der Waals surface area contributed by atoms with E-state index in [1.165, 1.54) is 4.68 Å². The van der Waals surface area contributed by atoms with Gasteiger partial charge in [0.25, 0.3) is 5.92 Å². The lowest BCUT2D eigenvalue weighted by molar-refractivity contribution is -0.107. The van der Waals surface area contributed by atoms with Crippen LogP contribution in [0.25, 0.3) is 10.4 Å². The Kier molecular flexibility index (Phi) is 2.32. The molecule has 1 aromatic rings. The fourth-order valence-corrected chi connectivity index (χ4v) is 1.59. The van der Waals surface area contributed by atoms with Crippen molar-refractivity contribution in [1.29, 1.82) is 0 Å². The second-order valence-corrected chi connectivity index (χ2v) is 3.59. The first kappa shape index (κ1) is 9.92. The monoisotopic (exact) mass is 213 g/mol. The zero-order valence-corrected chi connectivity index (χ0v) is 7.85. The van der Waals surface area contributed by atoms with Crippen LogP contribution in [0.15, 0.2) is 17.4 Å². The Bertz CT molecular complexity index is 399. The number of halogens is 2. The van der Waals surface area contributed by atoms with Crippen molar-refractivity contribution in [2.75, 3.05) is 0 Å². The van der Waals surface area contributed by atoms with E-state index in [4.69, 9.17) is 5.53 Å². The van der Waals surface area contributed by atoms with Crippen molar-refractivity contribution < 1.29 is 8.78 Å². The summed E-state index contributed by atoms with van der Waals surface area (Å²) in [6, 6.07) is 1.45. The molecule has 0 radical (unpaired) electrons. The van der Waals surface area contributed by atoms with Crippen LogP contribution in [0.4, 0.5) is 8.78 Å². The summed E-state index contributed by atoms with van der Waals surface area (Å²) in [6.07, 6.45) is 1.33. The topological polar surface area (TPSA) is 66.6 Å². The Morgan fingerprint density at radius 1 is 1.67 bits per heavy atom. The quantitative estimate of drug-likeness (QED) is 0.432. The molecule has 0 unspecified atom stereocenters. The molecule has 0 amide bonds. The maximum absolute atomic E-state index is 12.6. The highest BCUT2D eigenvalue weighted by Crippen LogP contribution is 2.44. The van der Waals surface area contributed by atoms with Gasteiger partial charge in [-0.15, -0.1) is 0 Å². The Hall–Kier alpha value is -1.62. The molecule has 0 N–H and O–H groups in total. The lowest BCUT2D eigenvalue weighted by Gasteiger charge is -2.34. The van der Waals surface area contributed by atoms with E-state index in [0.29, 0.717) is 5.69 Å². The molecule has 1 fully saturated rings. The second kappa shape index (κ2) is 3.51. The molecule has 15 heavy (non-hydrogen) atoms. The van der Waals surface area contributed by atoms with Crippen molar-refractivity contribution in [1.82, 2.24) is 9.78 Å². The zero-order valence-electron chi connectivity index (χ0n) is 7.85.